The van der Waals surface area contributed by atoms with Crippen molar-refractivity contribution in [1.82, 2.24) is 0 Å². The summed E-state index contributed by atoms with van der Waals surface area (Å²) >= 11 is 0. The largest absolute Gasteiger partial charge is 0.460 e. The van der Waals surface area contributed by atoms with E-state index < -0.39 is 24.0 Å². The Balaban J connectivity index is 1.64. The lowest BCUT2D eigenvalue weighted by atomic mass is 10.0. The number of carbonyl (C=O) groups excluding carboxylic acids is 3. The molecule has 0 bridgehead atoms. The molecule has 6 nitrogen and oxygen atoms in total. The second-order valence-electron chi connectivity index (χ2n) is 8.35. The standard InChI is InChI=1S/C28H28O6/c1-17(2)32-26(29)20(5)33-28(31)24-14-15-25(19(4)16-24)34-27(30)23-12-10-22(11-13-23)21-8-6-18(3)7-9-21/h6-17,20H,1-5H3. The van der Waals surface area contributed by atoms with Gasteiger partial charge in [0, 0.05) is 0 Å². The fourth-order valence-corrected chi connectivity index (χ4v) is 3.20. The number of hydrogen-bond acceptors (Lipinski definition) is 6. The first-order valence-electron chi connectivity index (χ1n) is 11.1. The molecule has 1 atom stereocenters. The van der Waals surface area contributed by atoms with Crippen LogP contribution >= 0.6 is 0 Å². The summed E-state index contributed by atoms with van der Waals surface area (Å²) in [4.78, 5) is 36.9. The van der Waals surface area contributed by atoms with Gasteiger partial charge in [-0.3, -0.25) is 0 Å². The molecular weight excluding hydrogens is 432 g/mol. The molecule has 0 spiro atoms. The van der Waals surface area contributed by atoms with Gasteiger partial charge >= 0.3 is 17.9 Å². The van der Waals surface area contributed by atoms with E-state index in [4.69, 9.17) is 14.2 Å². The number of aryl methyl sites for hydroxylation is 2. The van der Waals surface area contributed by atoms with Gasteiger partial charge in [0.25, 0.3) is 0 Å². The Morgan fingerprint density at radius 1 is 0.676 bits per heavy atom. The van der Waals surface area contributed by atoms with E-state index in [0.717, 1.165) is 11.1 Å². The fourth-order valence-electron chi connectivity index (χ4n) is 3.20. The molecule has 0 aliphatic carbocycles. The summed E-state index contributed by atoms with van der Waals surface area (Å²) in [5.74, 6) is -1.45. The van der Waals surface area contributed by atoms with E-state index in [-0.39, 0.29) is 11.7 Å². The summed E-state index contributed by atoms with van der Waals surface area (Å²) in [5, 5.41) is 0. The zero-order valence-corrected chi connectivity index (χ0v) is 20.0. The highest BCUT2D eigenvalue weighted by atomic mass is 16.6. The minimum absolute atomic E-state index is 0.240. The maximum atomic E-state index is 12.6. The van der Waals surface area contributed by atoms with Gasteiger partial charge in [-0.15, -0.1) is 0 Å². The zero-order chi connectivity index (χ0) is 24.8. The van der Waals surface area contributed by atoms with Crippen LogP contribution in [0.15, 0.2) is 66.7 Å². The topological polar surface area (TPSA) is 78.9 Å². The van der Waals surface area contributed by atoms with Crippen molar-refractivity contribution in [2.75, 3.05) is 0 Å². The van der Waals surface area contributed by atoms with Gasteiger partial charge in [-0.1, -0.05) is 42.0 Å². The molecular formula is C28H28O6. The van der Waals surface area contributed by atoms with E-state index >= 15 is 0 Å². The van der Waals surface area contributed by atoms with Crippen molar-refractivity contribution < 1.29 is 28.6 Å². The Morgan fingerprint density at radius 2 is 1.24 bits per heavy atom. The number of esters is 3. The molecule has 0 aliphatic heterocycles. The molecule has 6 heteroatoms. The van der Waals surface area contributed by atoms with Crippen molar-refractivity contribution in [1.29, 1.82) is 0 Å². The molecule has 0 aromatic heterocycles. The Bertz CT molecular complexity index is 1180. The van der Waals surface area contributed by atoms with Crippen LogP contribution in [0.5, 0.6) is 5.75 Å². The monoisotopic (exact) mass is 460 g/mol. The van der Waals surface area contributed by atoms with E-state index in [1.807, 2.05) is 43.3 Å². The summed E-state index contributed by atoms with van der Waals surface area (Å²) in [6.07, 6.45) is -1.33. The van der Waals surface area contributed by atoms with Crippen LogP contribution in [0.1, 0.15) is 52.6 Å². The lowest BCUT2D eigenvalue weighted by molar-refractivity contribution is -0.156. The normalized spacial score (nSPS) is 11.6. The number of ether oxygens (including phenoxy) is 3. The third-order valence-corrected chi connectivity index (χ3v) is 5.09. The van der Waals surface area contributed by atoms with E-state index in [0.29, 0.717) is 16.9 Å². The molecule has 0 heterocycles. The first kappa shape index (κ1) is 24.7. The van der Waals surface area contributed by atoms with Crippen molar-refractivity contribution in [3.8, 4) is 16.9 Å². The van der Waals surface area contributed by atoms with Crippen LogP contribution in [-0.2, 0) is 14.3 Å². The highest BCUT2D eigenvalue weighted by molar-refractivity contribution is 5.93. The predicted octanol–water partition coefficient (Wildman–Crippen LogP) is 5.69. The highest BCUT2D eigenvalue weighted by Crippen LogP contribution is 2.23. The fraction of sp³-hybridized carbons (Fsp3) is 0.250. The second kappa shape index (κ2) is 10.8. The molecule has 3 rings (SSSR count). The second-order valence-corrected chi connectivity index (χ2v) is 8.35. The highest BCUT2D eigenvalue weighted by Gasteiger charge is 2.22. The minimum atomic E-state index is -1.03. The first-order chi connectivity index (χ1) is 16.1. The van der Waals surface area contributed by atoms with E-state index in [2.05, 4.69) is 0 Å². The predicted molar refractivity (Wildman–Crippen MR) is 129 cm³/mol. The zero-order valence-electron chi connectivity index (χ0n) is 20.0. The van der Waals surface area contributed by atoms with Crippen LogP contribution in [0.25, 0.3) is 11.1 Å². The van der Waals surface area contributed by atoms with Crippen molar-refractivity contribution in [3.05, 3.63) is 89.0 Å². The molecule has 0 radical (unpaired) electrons. The van der Waals surface area contributed by atoms with Gasteiger partial charge in [-0.05, 0) is 81.6 Å². The molecule has 0 N–H and O–H groups in total. The molecule has 0 saturated carbocycles. The molecule has 3 aromatic carbocycles. The van der Waals surface area contributed by atoms with Crippen molar-refractivity contribution >= 4 is 17.9 Å². The molecule has 1 unspecified atom stereocenters. The quantitative estimate of drug-likeness (QED) is 0.333. The third-order valence-electron chi connectivity index (χ3n) is 5.09. The third kappa shape index (κ3) is 6.32. The van der Waals surface area contributed by atoms with Crippen molar-refractivity contribution in [3.63, 3.8) is 0 Å². The minimum Gasteiger partial charge on any atom is -0.460 e. The Morgan fingerprint density at radius 3 is 1.79 bits per heavy atom. The summed E-state index contributed by atoms with van der Waals surface area (Å²) in [7, 11) is 0. The van der Waals surface area contributed by atoms with Gasteiger partial charge in [-0.25, -0.2) is 14.4 Å². The number of rotatable bonds is 7. The SMILES string of the molecule is Cc1ccc(-c2ccc(C(=O)Oc3ccc(C(=O)OC(C)C(=O)OC(C)C)cc3C)cc2)cc1. The average Bonchev–Trinajstić information content (AvgIpc) is 2.80. The van der Waals surface area contributed by atoms with E-state index in [9.17, 15) is 14.4 Å². The van der Waals surface area contributed by atoms with E-state index in [1.54, 1.807) is 39.0 Å². The average molecular weight is 461 g/mol. The van der Waals surface area contributed by atoms with Gasteiger partial charge in [0.1, 0.15) is 5.75 Å². The van der Waals surface area contributed by atoms with Gasteiger partial charge in [0.05, 0.1) is 17.2 Å². The van der Waals surface area contributed by atoms with Crippen molar-refractivity contribution in [2.24, 2.45) is 0 Å². The Hall–Kier alpha value is -3.93. The van der Waals surface area contributed by atoms with Gasteiger partial charge in [0.2, 0.25) is 0 Å². The summed E-state index contributed by atoms with van der Waals surface area (Å²) < 4.78 is 15.7. The van der Waals surface area contributed by atoms with Crippen LogP contribution in [0.4, 0.5) is 0 Å². The van der Waals surface area contributed by atoms with Crippen molar-refractivity contribution in [2.45, 2.75) is 46.8 Å². The lowest BCUT2D eigenvalue weighted by Crippen LogP contribution is -2.28. The summed E-state index contributed by atoms with van der Waals surface area (Å²) in [6.45, 7) is 8.64. The van der Waals surface area contributed by atoms with Gasteiger partial charge in [0.15, 0.2) is 6.10 Å². The Kier molecular flexibility index (Phi) is 7.84. The lowest BCUT2D eigenvalue weighted by Gasteiger charge is -2.15. The number of carbonyl (C=O) groups is 3. The Labute approximate surface area is 199 Å². The molecule has 0 amide bonds. The van der Waals surface area contributed by atoms with Gasteiger partial charge in [-0.2, -0.15) is 0 Å². The number of benzene rings is 3. The molecule has 0 aliphatic rings. The van der Waals surface area contributed by atoms with Gasteiger partial charge < -0.3 is 14.2 Å². The molecule has 0 saturated heterocycles. The molecule has 3 aromatic rings. The molecule has 0 fully saturated rings. The van der Waals surface area contributed by atoms with Crippen LogP contribution < -0.4 is 4.74 Å². The maximum Gasteiger partial charge on any atom is 0.347 e. The van der Waals surface area contributed by atoms with Crippen LogP contribution in [0.2, 0.25) is 0 Å². The molecule has 176 valence electrons. The van der Waals surface area contributed by atoms with Crippen LogP contribution in [-0.4, -0.2) is 30.1 Å². The first-order valence-corrected chi connectivity index (χ1v) is 11.1. The van der Waals surface area contributed by atoms with Crippen LogP contribution in [0.3, 0.4) is 0 Å². The maximum absolute atomic E-state index is 12.6. The smallest absolute Gasteiger partial charge is 0.347 e. The summed E-state index contributed by atoms with van der Waals surface area (Å²) in [5.41, 5.74) is 4.48. The number of hydrogen-bond donors (Lipinski definition) is 0. The molecule has 34 heavy (non-hydrogen) atoms. The van der Waals surface area contributed by atoms with E-state index in [1.165, 1.54) is 24.6 Å². The summed E-state index contributed by atoms with van der Waals surface area (Å²) in [6, 6.07) is 19.9. The van der Waals surface area contributed by atoms with Crippen LogP contribution in [0, 0.1) is 13.8 Å².